The predicted octanol–water partition coefficient (Wildman–Crippen LogP) is 2.93. The van der Waals surface area contributed by atoms with Crippen LogP contribution in [0.4, 0.5) is 15.8 Å². The van der Waals surface area contributed by atoms with Crippen LogP contribution in [0.25, 0.3) is 6.08 Å². The van der Waals surface area contributed by atoms with Gasteiger partial charge in [-0.15, -0.1) is 0 Å². The van der Waals surface area contributed by atoms with Crippen LogP contribution in [0.5, 0.6) is 5.75 Å². The van der Waals surface area contributed by atoms with E-state index in [9.17, 15) is 38.1 Å². The molecule has 0 atom stereocenters. The van der Waals surface area contributed by atoms with Gasteiger partial charge in [-0.25, -0.2) is 12.8 Å². The van der Waals surface area contributed by atoms with Crippen molar-refractivity contribution in [3.8, 4) is 5.75 Å². The largest absolute Gasteiger partial charge is 0.502 e. The molecule has 0 aliphatic carbocycles. The average Bonchev–Trinajstić information content (AvgIpc) is 2.55. The fourth-order valence-corrected chi connectivity index (χ4v) is 3.14. The van der Waals surface area contributed by atoms with E-state index >= 15 is 0 Å². The van der Waals surface area contributed by atoms with Gasteiger partial charge in [0.25, 0.3) is 5.69 Å². The summed E-state index contributed by atoms with van der Waals surface area (Å²) in [6.07, 6.45) is 0.828. The Morgan fingerprint density at radius 3 is 2.23 bits per heavy atom. The molecule has 0 saturated carbocycles. The minimum Gasteiger partial charge on any atom is -0.502 e. The van der Waals surface area contributed by atoms with Crippen LogP contribution < -0.4 is 0 Å². The molecule has 0 fully saturated rings. The van der Waals surface area contributed by atoms with Crippen LogP contribution >= 0.6 is 0 Å². The average molecular weight is 382 g/mol. The first-order valence-electron chi connectivity index (χ1n) is 6.90. The van der Waals surface area contributed by atoms with E-state index in [1.54, 1.807) is 0 Å². The Balaban J connectivity index is 2.37. The number of sulfone groups is 1. The molecule has 26 heavy (non-hydrogen) atoms. The molecule has 136 valence electrons. The first kappa shape index (κ1) is 19.0. The van der Waals surface area contributed by atoms with Gasteiger partial charge in [-0.05, 0) is 23.8 Å². The van der Waals surface area contributed by atoms with Crippen LogP contribution in [0.3, 0.4) is 0 Å². The maximum Gasteiger partial charge on any atom is 0.318 e. The first-order valence-corrected chi connectivity index (χ1v) is 8.61. The Labute approximate surface area is 146 Å². The van der Waals surface area contributed by atoms with E-state index in [-0.39, 0.29) is 0 Å². The fraction of sp³-hybridized carbons (Fsp3) is 0.0667. The van der Waals surface area contributed by atoms with E-state index < -0.39 is 53.9 Å². The third kappa shape index (κ3) is 4.60. The van der Waals surface area contributed by atoms with Crippen molar-refractivity contribution >= 4 is 27.3 Å². The van der Waals surface area contributed by atoms with Gasteiger partial charge in [-0.3, -0.25) is 20.2 Å². The molecule has 0 saturated heterocycles. The number of hydrogen-bond acceptors (Lipinski definition) is 7. The molecule has 0 heterocycles. The standard InChI is InChI=1S/C15H11FN2O7S/c16-12-3-1-10(2-4-12)9-26(24,25)6-5-11-7-13(17(20)21)8-14(15(11)19)18(22)23/h1-8,19H,9H2. The number of phenolic OH excluding ortho intramolecular Hbond substituents is 1. The summed E-state index contributed by atoms with van der Waals surface area (Å²) in [5.74, 6) is -1.91. The van der Waals surface area contributed by atoms with E-state index in [0.29, 0.717) is 17.0 Å². The van der Waals surface area contributed by atoms with E-state index in [1.165, 1.54) is 12.1 Å². The summed E-state index contributed by atoms with van der Waals surface area (Å²) in [6, 6.07) is 6.10. The molecular formula is C15H11FN2O7S. The highest BCUT2D eigenvalue weighted by molar-refractivity contribution is 7.93. The lowest BCUT2D eigenvalue weighted by Gasteiger charge is -2.02. The van der Waals surface area contributed by atoms with E-state index in [0.717, 1.165) is 24.3 Å². The molecule has 0 radical (unpaired) electrons. The molecule has 2 aromatic rings. The number of rotatable bonds is 6. The van der Waals surface area contributed by atoms with Crippen LogP contribution in [0.2, 0.25) is 0 Å². The fourth-order valence-electron chi connectivity index (χ4n) is 2.04. The van der Waals surface area contributed by atoms with Crippen molar-refractivity contribution in [1.82, 2.24) is 0 Å². The second-order valence-electron chi connectivity index (χ2n) is 5.15. The minimum absolute atomic E-state index is 0.297. The van der Waals surface area contributed by atoms with Crippen molar-refractivity contribution in [3.05, 3.63) is 79.0 Å². The topological polar surface area (TPSA) is 141 Å². The Bertz CT molecular complexity index is 1000. The number of phenols is 1. The zero-order valence-corrected chi connectivity index (χ0v) is 13.7. The number of nitrogens with zero attached hydrogens (tertiary/aromatic N) is 2. The molecule has 0 aliphatic rings. The molecule has 0 bridgehead atoms. The molecule has 2 aromatic carbocycles. The second-order valence-corrected chi connectivity index (χ2v) is 7.04. The molecule has 0 spiro atoms. The lowest BCUT2D eigenvalue weighted by atomic mass is 10.1. The van der Waals surface area contributed by atoms with E-state index in [2.05, 4.69) is 0 Å². The number of hydrogen-bond donors (Lipinski definition) is 1. The quantitative estimate of drug-likeness (QED) is 0.598. The number of aromatic hydroxyl groups is 1. The molecule has 1 N–H and O–H groups in total. The predicted molar refractivity (Wildman–Crippen MR) is 89.5 cm³/mol. The Morgan fingerprint density at radius 1 is 1.08 bits per heavy atom. The van der Waals surface area contributed by atoms with Crippen LogP contribution in [0.15, 0.2) is 41.8 Å². The van der Waals surface area contributed by atoms with E-state index in [4.69, 9.17) is 0 Å². The van der Waals surface area contributed by atoms with Crippen molar-refractivity contribution in [2.45, 2.75) is 5.75 Å². The summed E-state index contributed by atoms with van der Waals surface area (Å²) < 4.78 is 37.0. The van der Waals surface area contributed by atoms with Gasteiger partial charge in [0, 0.05) is 17.0 Å². The number of nitro groups is 2. The summed E-state index contributed by atoms with van der Waals surface area (Å²) in [7, 11) is -3.88. The third-order valence-electron chi connectivity index (χ3n) is 3.25. The second kappa shape index (κ2) is 7.27. The Hall–Kier alpha value is -3.34. The minimum atomic E-state index is -3.88. The summed E-state index contributed by atoms with van der Waals surface area (Å²) >= 11 is 0. The highest BCUT2D eigenvalue weighted by Crippen LogP contribution is 2.35. The zero-order chi connectivity index (χ0) is 19.5. The SMILES string of the molecule is O=[N+]([O-])c1cc(C=CS(=O)(=O)Cc2ccc(F)cc2)c(O)c([N+](=O)[O-])c1. The molecule has 0 unspecified atom stereocenters. The Kier molecular flexibility index (Phi) is 5.31. The molecular weight excluding hydrogens is 371 g/mol. The summed E-state index contributed by atoms with van der Waals surface area (Å²) in [4.78, 5) is 19.8. The zero-order valence-electron chi connectivity index (χ0n) is 12.9. The third-order valence-corrected chi connectivity index (χ3v) is 4.53. The number of benzene rings is 2. The van der Waals surface area contributed by atoms with E-state index in [1.807, 2.05) is 0 Å². The Morgan fingerprint density at radius 2 is 1.69 bits per heavy atom. The molecule has 2 rings (SSSR count). The van der Waals surface area contributed by atoms with Crippen LogP contribution in [0, 0.1) is 26.0 Å². The van der Waals surface area contributed by atoms with Gasteiger partial charge in [-0.1, -0.05) is 12.1 Å². The number of nitro benzene ring substituents is 2. The normalized spacial score (nSPS) is 11.6. The van der Waals surface area contributed by atoms with Crippen LogP contribution in [0.1, 0.15) is 11.1 Å². The summed E-state index contributed by atoms with van der Waals surface area (Å²) in [5, 5.41) is 32.2. The van der Waals surface area contributed by atoms with Gasteiger partial charge in [0.15, 0.2) is 9.84 Å². The van der Waals surface area contributed by atoms with Gasteiger partial charge in [-0.2, -0.15) is 0 Å². The van der Waals surface area contributed by atoms with Gasteiger partial charge < -0.3 is 5.11 Å². The van der Waals surface area contributed by atoms with Gasteiger partial charge in [0.2, 0.25) is 5.75 Å². The number of halogens is 1. The van der Waals surface area contributed by atoms with Crippen molar-refractivity contribution in [3.63, 3.8) is 0 Å². The van der Waals surface area contributed by atoms with Crippen molar-refractivity contribution in [2.75, 3.05) is 0 Å². The van der Waals surface area contributed by atoms with Crippen molar-refractivity contribution < 1.29 is 27.8 Å². The van der Waals surface area contributed by atoms with Gasteiger partial charge >= 0.3 is 5.69 Å². The lowest BCUT2D eigenvalue weighted by molar-refractivity contribution is -0.394. The molecule has 9 nitrogen and oxygen atoms in total. The maximum atomic E-state index is 12.8. The van der Waals surface area contributed by atoms with Gasteiger partial charge in [0.05, 0.1) is 21.7 Å². The maximum absolute atomic E-state index is 12.8. The monoisotopic (exact) mass is 382 g/mol. The van der Waals surface area contributed by atoms with Crippen LogP contribution in [-0.4, -0.2) is 23.4 Å². The van der Waals surface area contributed by atoms with Crippen molar-refractivity contribution in [2.24, 2.45) is 0 Å². The van der Waals surface area contributed by atoms with Crippen molar-refractivity contribution in [1.29, 1.82) is 0 Å². The lowest BCUT2D eigenvalue weighted by Crippen LogP contribution is -2.00. The van der Waals surface area contributed by atoms with Crippen LogP contribution in [-0.2, 0) is 15.6 Å². The number of non-ortho nitro benzene ring substituents is 1. The highest BCUT2D eigenvalue weighted by Gasteiger charge is 2.23. The summed E-state index contributed by atoms with van der Waals surface area (Å²) in [5.41, 5.74) is -1.70. The summed E-state index contributed by atoms with van der Waals surface area (Å²) in [6.45, 7) is 0. The van der Waals surface area contributed by atoms with Gasteiger partial charge in [0.1, 0.15) is 5.82 Å². The first-order chi connectivity index (χ1) is 12.1. The smallest absolute Gasteiger partial charge is 0.318 e. The molecule has 0 aliphatic heterocycles. The molecule has 0 amide bonds. The highest BCUT2D eigenvalue weighted by atomic mass is 32.2. The molecule has 11 heteroatoms. The molecule has 0 aromatic heterocycles.